The zero-order chi connectivity index (χ0) is 10.9. The van der Waals surface area contributed by atoms with Gasteiger partial charge in [-0.25, -0.2) is 8.42 Å². The largest absolute Gasteiger partial charge is 0.506 e. The first-order valence-electron chi connectivity index (χ1n) is 3.54. The molecule has 0 unspecified atom stereocenters. The van der Waals surface area contributed by atoms with Gasteiger partial charge in [-0.2, -0.15) is 5.26 Å². The van der Waals surface area contributed by atoms with Gasteiger partial charge in [0.25, 0.3) is 9.05 Å². The molecule has 0 amide bonds. The number of nitriles is 1. The number of phenolic OH excluding ortho intramolecular Hbond substituents is 1. The van der Waals surface area contributed by atoms with Crippen LogP contribution in [0.4, 0.5) is 0 Å². The van der Waals surface area contributed by atoms with Gasteiger partial charge in [0.1, 0.15) is 10.6 Å². The van der Waals surface area contributed by atoms with Crippen LogP contribution >= 0.6 is 10.7 Å². The second-order valence-electron chi connectivity index (χ2n) is 2.68. The molecule has 0 heterocycles. The van der Waals surface area contributed by atoms with E-state index in [4.69, 9.17) is 15.9 Å². The Labute approximate surface area is 85.8 Å². The highest BCUT2D eigenvalue weighted by atomic mass is 35.7. The Bertz CT molecular complexity index is 516. The lowest BCUT2D eigenvalue weighted by atomic mass is 10.1. The monoisotopic (exact) mass is 231 g/mol. The van der Waals surface area contributed by atoms with Crippen LogP contribution in [0.15, 0.2) is 17.0 Å². The number of hydrogen-bond acceptors (Lipinski definition) is 4. The highest BCUT2D eigenvalue weighted by Gasteiger charge is 2.17. The van der Waals surface area contributed by atoms with Crippen LogP contribution in [0.1, 0.15) is 11.1 Å². The first-order valence-corrected chi connectivity index (χ1v) is 5.85. The molecule has 6 heteroatoms. The maximum Gasteiger partial charge on any atom is 0.264 e. The summed E-state index contributed by atoms with van der Waals surface area (Å²) < 4.78 is 21.9. The first-order chi connectivity index (χ1) is 6.36. The van der Waals surface area contributed by atoms with E-state index >= 15 is 0 Å². The maximum absolute atomic E-state index is 10.9. The smallest absolute Gasteiger partial charge is 0.264 e. The van der Waals surface area contributed by atoms with Gasteiger partial charge in [-0.1, -0.05) is 0 Å². The number of phenols is 1. The zero-order valence-electron chi connectivity index (χ0n) is 7.15. The van der Waals surface area contributed by atoms with Gasteiger partial charge in [0.2, 0.25) is 0 Å². The molecule has 0 saturated heterocycles. The van der Waals surface area contributed by atoms with Crippen molar-refractivity contribution in [3.63, 3.8) is 0 Å². The number of hydrogen-bond donors (Lipinski definition) is 1. The van der Waals surface area contributed by atoms with E-state index in [0.29, 0.717) is 5.56 Å². The molecule has 0 bridgehead atoms. The molecule has 1 N–H and O–H groups in total. The van der Waals surface area contributed by atoms with Gasteiger partial charge in [-0.15, -0.1) is 0 Å². The fourth-order valence-corrected chi connectivity index (χ4v) is 1.98. The Kier molecular flexibility index (Phi) is 2.69. The fraction of sp³-hybridized carbons (Fsp3) is 0.125. The zero-order valence-corrected chi connectivity index (χ0v) is 8.72. The molecule has 74 valence electrons. The predicted molar refractivity (Wildman–Crippen MR) is 50.6 cm³/mol. The van der Waals surface area contributed by atoms with Crippen molar-refractivity contribution in [2.45, 2.75) is 11.8 Å². The summed E-state index contributed by atoms with van der Waals surface area (Å²) in [6, 6.07) is 4.05. The highest BCUT2D eigenvalue weighted by molar-refractivity contribution is 8.13. The third-order valence-electron chi connectivity index (χ3n) is 1.69. The number of aromatic hydroxyl groups is 1. The molecule has 0 aliphatic heterocycles. The highest BCUT2D eigenvalue weighted by Crippen LogP contribution is 2.28. The van der Waals surface area contributed by atoms with Crippen molar-refractivity contribution in [2.75, 3.05) is 0 Å². The summed E-state index contributed by atoms with van der Waals surface area (Å²) in [6.07, 6.45) is 0. The van der Waals surface area contributed by atoms with Crippen LogP contribution in [0.2, 0.25) is 0 Å². The number of rotatable bonds is 1. The molecule has 1 aromatic carbocycles. The maximum atomic E-state index is 10.9. The lowest BCUT2D eigenvalue weighted by Gasteiger charge is -2.03. The lowest BCUT2D eigenvalue weighted by molar-refractivity contribution is 0.459. The summed E-state index contributed by atoms with van der Waals surface area (Å²) in [7, 11) is 1.09. The van der Waals surface area contributed by atoms with Gasteiger partial charge in [-0.3, -0.25) is 0 Å². The van der Waals surface area contributed by atoms with Crippen LogP contribution in [0.25, 0.3) is 0 Å². The van der Waals surface area contributed by atoms with E-state index in [1.165, 1.54) is 0 Å². The minimum absolute atomic E-state index is 0.214. The number of nitrogens with zero attached hydrogens (tertiary/aromatic N) is 1. The topological polar surface area (TPSA) is 78.2 Å². The van der Waals surface area contributed by atoms with E-state index < -0.39 is 14.8 Å². The molecule has 0 aromatic heterocycles. The van der Waals surface area contributed by atoms with Gasteiger partial charge in [0.05, 0.1) is 11.6 Å². The van der Waals surface area contributed by atoms with E-state index in [0.717, 1.165) is 12.1 Å². The van der Waals surface area contributed by atoms with E-state index in [2.05, 4.69) is 0 Å². The molecule has 0 radical (unpaired) electrons. The van der Waals surface area contributed by atoms with Gasteiger partial charge in [0.15, 0.2) is 0 Å². The minimum Gasteiger partial charge on any atom is -0.506 e. The Balaban J connectivity index is 3.54. The van der Waals surface area contributed by atoms with Crippen molar-refractivity contribution < 1.29 is 13.5 Å². The van der Waals surface area contributed by atoms with Crippen LogP contribution in [0.3, 0.4) is 0 Å². The Morgan fingerprint density at radius 1 is 1.50 bits per heavy atom. The summed E-state index contributed by atoms with van der Waals surface area (Å²) >= 11 is 0. The van der Waals surface area contributed by atoms with Crippen molar-refractivity contribution in [1.29, 1.82) is 5.26 Å². The van der Waals surface area contributed by atoms with Gasteiger partial charge in [-0.05, 0) is 24.6 Å². The average molecular weight is 232 g/mol. The van der Waals surface area contributed by atoms with Crippen LogP contribution < -0.4 is 0 Å². The molecule has 1 rings (SSSR count). The summed E-state index contributed by atoms with van der Waals surface area (Å²) in [5.41, 5.74) is 0.663. The van der Waals surface area contributed by atoms with E-state index in [9.17, 15) is 13.5 Å². The van der Waals surface area contributed by atoms with E-state index in [-0.39, 0.29) is 10.5 Å². The lowest BCUT2D eigenvalue weighted by Crippen LogP contribution is -1.94. The Hall–Kier alpha value is -1.25. The Morgan fingerprint density at radius 3 is 2.50 bits per heavy atom. The van der Waals surface area contributed by atoms with Crippen molar-refractivity contribution in [3.05, 3.63) is 23.3 Å². The molecule has 0 spiro atoms. The molecule has 0 aliphatic rings. The quantitative estimate of drug-likeness (QED) is 0.743. The molecule has 0 saturated carbocycles. The standard InChI is InChI=1S/C8H6ClNO3S/c1-5-2-8(14(9,12)13)7(11)3-6(5)4-10/h2-3,11H,1H3. The third kappa shape index (κ3) is 1.97. The fourth-order valence-electron chi connectivity index (χ4n) is 0.986. The third-order valence-corrected chi connectivity index (χ3v) is 3.04. The van der Waals surface area contributed by atoms with E-state index in [1.54, 1.807) is 6.92 Å². The molecular weight excluding hydrogens is 226 g/mol. The van der Waals surface area contributed by atoms with E-state index in [1.807, 2.05) is 6.07 Å². The van der Waals surface area contributed by atoms with Crippen molar-refractivity contribution in [3.8, 4) is 11.8 Å². The second kappa shape index (κ2) is 3.48. The van der Waals surface area contributed by atoms with Crippen molar-refractivity contribution in [1.82, 2.24) is 0 Å². The number of aryl methyl sites for hydroxylation is 1. The normalized spacial score (nSPS) is 10.9. The van der Waals surface area contributed by atoms with Crippen LogP contribution in [0, 0.1) is 18.3 Å². The molecule has 1 aromatic rings. The number of benzene rings is 1. The molecule has 0 fully saturated rings. The van der Waals surface area contributed by atoms with Crippen LogP contribution in [-0.2, 0) is 9.05 Å². The predicted octanol–water partition coefficient (Wildman–Crippen LogP) is 1.50. The molecular formula is C8H6ClNO3S. The summed E-state index contributed by atoms with van der Waals surface area (Å²) in [4.78, 5) is -0.379. The summed E-state index contributed by atoms with van der Waals surface area (Å²) in [5.74, 6) is -0.512. The molecule has 0 aliphatic carbocycles. The van der Waals surface area contributed by atoms with Crippen molar-refractivity contribution in [2.24, 2.45) is 0 Å². The van der Waals surface area contributed by atoms with Crippen LogP contribution in [-0.4, -0.2) is 13.5 Å². The SMILES string of the molecule is Cc1cc(S(=O)(=O)Cl)c(O)cc1C#N. The summed E-state index contributed by atoms with van der Waals surface area (Å²) in [5, 5.41) is 17.9. The van der Waals surface area contributed by atoms with Crippen LogP contribution in [0.5, 0.6) is 5.75 Å². The number of halogens is 1. The Morgan fingerprint density at radius 2 is 2.07 bits per heavy atom. The molecule has 4 nitrogen and oxygen atoms in total. The molecule has 14 heavy (non-hydrogen) atoms. The van der Waals surface area contributed by atoms with Crippen molar-refractivity contribution >= 4 is 19.7 Å². The minimum atomic E-state index is -3.97. The van der Waals surface area contributed by atoms with Gasteiger partial charge >= 0.3 is 0 Å². The first kappa shape index (κ1) is 10.8. The average Bonchev–Trinajstić information content (AvgIpc) is 2.06. The van der Waals surface area contributed by atoms with Gasteiger partial charge in [0, 0.05) is 10.7 Å². The second-order valence-corrected chi connectivity index (χ2v) is 5.22. The summed E-state index contributed by atoms with van der Waals surface area (Å²) in [6.45, 7) is 1.56. The van der Waals surface area contributed by atoms with Gasteiger partial charge < -0.3 is 5.11 Å². The molecule has 0 atom stereocenters.